The van der Waals surface area contributed by atoms with Crippen LogP contribution in [0.1, 0.15) is 32.9 Å². The van der Waals surface area contributed by atoms with Crippen LogP contribution in [0.2, 0.25) is 0 Å². The molecule has 2 aromatic heterocycles. The fourth-order valence-electron chi connectivity index (χ4n) is 3.47. The lowest BCUT2D eigenvalue weighted by molar-refractivity contribution is 0.146. The van der Waals surface area contributed by atoms with Gasteiger partial charge in [-0.2, -0.15) is 0 Å². The van der Waals surface area contributed by atoms with E-state index in [-0.39, 0.29) is 11.2 Å². The molecule has 0 unspecified atom stereocenters. The zero-order valence-corrected chi connectivity index (χ0v) is 14.5. The Kier molecular flexibility index (Phi) is 3.75. The van der Waals surface area contributed by atoms with E-state index in [1.165, 1.54) is 6.07 Å². The number of alkyl halides is 2. The second-order valence-electron chi connectivity index (χ2n) is 7.86. The van der Waals surface area contributed by atoms with E-state index in [1.54, 1.807) is 6.20 Å². The summed E-state index contributed by atoms with van der Waals surface area (Å²) in [6.07, 6.45) is -1.05. The minimum atomic E-state index is -2.64. The second kappa shape index (κ2) is 5.72. The topological polar surface area (TPSA) is 74.8 Å². The highest BCUT2D eigenvalue weighted by Gasteiger charge is 2.53. The third-order valence-electron chi connectivity index (χ3n) is 4.69. The normalized spacial score (nSPS) is 25.3. The zero-order valence-electron chi connectivity index (χ0n) is 14.5. The van der Waals surface area contributed by atoms with E-state index in [0.29, 0.717) is 40.5 Å². The predicted octanol–water partition coefficient (Wildman–Crippen LogP) is 2.80. The second-order valence-corrected chi connectivity index (χ2v) is 7.86. The Labute approximate surface area is 144 Å². The van der Waals surface area contributed by atoms with Crippen LogP contribution in [0.4, 0.5) is 20.5 Å². The van der Waals surface area contributed by atoms with Gasteiger partial charge >= 0.3 is 0 Å². The Bertz CT molecular complexity index is 794. The van der Waals surface area contributed by atoms with Crippen molar-refractivity contribution in [3.05, 3.63) is 18.0 Å². The largest absolute Gasteiger partial charge is 0.364 e. The monoisotopic (exact) mass is 348 g/mol. The van der Waals surface area contributed by atoms with Gasteiger partial charge in [-0.25, -0.2) is 23.7 Å². The molecule has 0 aromatic carbocycles. The number of halogens is 2. The van der Waals surface area contributed by atoms with Gasteiger partial charge in [0, 0.05) is 36.3 Å². The van der Waals surface area contributed by atoms with E-state index in [1.807, 2.05) is 20.8 Å². The van der Waals surface area contributed by atoms with E-state index in [4.69, 9.17) is 0 Å². The molecule has 8 heteroatoms. The maximum absolute atomic E-state index is 13.1. The van der Waals surface area contributed by atoms with Gasteiger partial charge in [-0.15, -0.1) is 0 Å². The average Bonchev–Trinajstić information content (AvgIpc) is 2.95. The molecule has 3 heterocycles. The molecule has 4 rings (SSSR count). The number of hydrogen-bond acceptors (Lipinski definition) is 6. The number of anilines is 2. The van der Waals surface area contributed by atoms with Crippen LogP contribution in [0.15, 0.2) is 12.3 Å². The first-order chi connectivity index (χ1) is 11.8. The summed E-state index contributed by atoms with van der Waals surface area (Å²) in [5, 5.41) is 10.5. The standard InChI is InChI=1S/C17H22F2N6/c1-17(2,3)25-15-12-8(4-11(22-15)14(18)19)5-21-16(23-12)24-13-9-6-20-7-10(9)13/h4-5,9-10,13-14,20H,6-7H2,1-3H3,(H,22,25)(H,21,23,24)/t9-,10+,13+. The van der Waals surface area contributed by atoms with E-state index < -0.39 is 6.43 Å². The molecule has 134 valence electrons. The van der Waals surface area contributed by atoms with E-state index in [9.17, 15) is 8.78 Å². The van der Waals surface area contributed by atoms with Crippen LogP contribution in [-0.2, 0) is 0 Å². The number of aromatic nitrogens is 3. The Hall–Kier alpha value is -2.09. The van der Waals surface area contributed by atoms with Crippen molar-refractivity contribution < 1.29 is 8.78 Å². The number of pyridine rings is 1. The highest BCUT2D eigenvalue weighted by atomic mass is 19.3. The van der Waals surface area contributed by atoms with Crippen LogP contribution in [0.25, 0.3) is 10.9 Å². The molecule has 25 heavy (non-hydrogen) atoms. The summed E-state index contributed by atoms with van der Waals surface area (Å²) in [7, 11) is 0. The average molecular weight is 348 g/mol. The fraction of sp³-hybridized carbons (Fsp3) is 0.588. The van der Waals surface area contributed by atoms with Crippen molar-refractivity contribution in [3.8, 4) is 0 Å². The molecule has 6 nitrogen and oxygen atoms in total. The van der Waals surface area contributed by atoms with Crippen LogP contribution in [0.5, 0.6) is 0 Å². The van der Waals surface area contributed by atoms with Crippen LogP contribution >= 0.6 is 0 Å². The number of fused-ring (bicyclic) bond motifs is 2. The molecule has 1 saturated carbocycles. The Balaban J connectivity index is 1.69. The molecule has 2 fully saturated rings. The number of piperidine rings is 1. The predicted molar refractivity (Wildman–Crippen MR) is 92.9 cm³/mol. The SMILES string of the molecule is CC(C)(C)Nc1nc(C(F)F)cc2cnc(N[C@H]3[C@@H]4CNC[C@@H]43)nc12. The van der Waals surface area contributed by atoms with Gasteiger partial charge in [-0.1, -0.05) is 0 Å². The maximum Gasteiger partial charge on any atom is 0.280 e. The van der Waals surface area contributed by atoms with Crippen LogP contribution < -0.4 is 16.0 Å². The first kappa shape index (κ1) is 16.4. The van der Waals surface area contributed by atoms with Crippen LogP contribution in [0, 0.1) is 11.8 Å². The quantitative estimate of drug-likeness (QED) is 0.789. The zero-order chi connectivity index (χ0) is 17.8. The van der Waals surface area contributed by atoms with Crippen molar-refractivity contribution in [2.24, 2.45) is 11.8 Å². The number of nitrogens with zero attached hydrogens (tertiary/aromatic N) is 3. The molecule has 0 radical (unpaired) electrons. The molecule has 1 aliphatic heterocycles. The van der Waals surface area contributed by atoms with Crippen molar-refractivity contribution >= 4 is 22.7 Å². The van der Waals surface area contributed by atoms with Gasteiger partial charge in [0.05, 0.1) is 0 Å². The molecule has 2 aliphatic rings. The van der Waals surface area contributed by atoms with Crippen LogP contribution in [-0.4, -0.2) is 39.6 Å². The number of nitrogens with one attached hydrogen (secondary N) is 3. The lowest BCUT2D eigenvalue weighted by Crippen LogP contribution is -2.27. The summed E-state index contributed by atoms with van der Waals surface area (Å²) in [5.41, 5.74) is -0.0367. The first-order valence-electron chi connectivity index (χ1n) is 8.53. The Morgan fingerprint density at radius 2 is 1.92 bits per heavy atom. The van der Waals surface area contributed by atoms with Crippen molar-refractivity contribution in [1.82, 2.24) is 20.3 Å². The highest BCUT2D eigenvalue weighted by molar-refractivity contribution is 5.89. The Morgan fingerprint density at radius 3 is 2.56 bits per heavy atom. The van der Waals surface area contributed by atoms with Crippen molar-refractivity contribution in [2.45, 2.75) is 38.8 Å². The number of rotatable bonds is 4. The van der Waals surface area contributed by atoms with Gasteiger partial charge in [-0.3, -0.25) is 0 Å². The van der Waals surface area contributed by atoms with Gasteiger partial charge in [0.15, 0.2) is 5.82 Å². The summed E-state index contributed by atoms with van der Waals surface area (Å²) in [5.74, 6) is 2.15. The molecule has 0 amide bonds. The number of hydrogen-bond donors (Lipinski definition) is 3. The van der Waals surface area contributed by atoms with Crippen LogP contribution in [0.3, 0.4) is 0 Å². The molecular weight excluding hydrogens is 326 g/mol. The maximum atomic E-state index is 13.1. The molecule has 2 aromatic rings. The molecule has 0 spiro atoms. The molecule has 3 N–H and O–H groups in total. The third-order valence-corrected chi connectivity index (χ3v) is 4.69. The van der Waals surface area contributed by atoms with Gasteiger partial charge in [0.25, 0.3) is 6.43 Å². The fourth-order valence-corrected chi connectivity index (χ4v) is 3.47. The van der Waals surface area contributed by atoms with Crippen molar-refractivity contribution in [2.75, 3.05) is 23.7 Å². The lowest BCUT2D eigenvalue weighted by Gasteiger charge is -2.22. The van der Waals surface area contributed by atoms with Gasteiger partial charge < -0.3 is 16.0 Å². The Morgan fingerprint density at radius 1 is 1.20 bits per heavy atom. The first-order valence-corrected chi connectivity index (χ1v) is 8.53. The van der Waals surface area contributed by atoms with Gasteiger partial charge in [0.1, 0.15) is 11.2 Å². The third kappa shape index (κ3) is 3.22. The summed E-state index contributed by atoms with van der Waals surface area (Å²) < 4.78 is 26.3. The molecular formula is C17H22F2N6. The smallest absolute Gasteiger partial charge is 0.280 e. The van der Waals surface area contributed by atoms with E-state index in [0.717, 1.165) is 13.1 Å². The minimum Gasteiger partial charge on any atom is -0.364 e. The molecule has 1 aliphatic carbocycles. The van der Waals surface area contributed by atoms with E-state index >= 15 is 0 Å². The van der Waals surface area contributed by atoms with Gasteiger partial charge in [0.2, 0.25) is 5.95 Å². The van der Waals surface area contributed by atoms with E-state index in [2.05, 4.69) is 30.9 Å². The van der Waals surface area contributed by atoms with Gasteiger partial charge in [-0.05, 0) is 38.7 Å². The highest BCUT2D eigenvalue weighted by Crippen LogP contribution is 2.43. The summed E-state index contributed by atoms with van der Waals surface area (Å²) in [6.45, 7) is 7.90. The molecule has 1 saturated heterocycles. The summed E-state index contributed by atoms with van der Waals surface area (Å²) in [4.78, 5) is 13.0. The lowest BCUT2D eigenvalue weighted by atomic mass is 10.1. The molecule has 0 bridgehead atoms. The summed E-state index contributed by atoms with van der Waals surface area (Å²) >= 11 is 0. The summed E-state index contributed by atoms with van der Waals surface area (Å²) in [6, 6.07) is 1.75. The van der Waals surface area contributed by atoms with Crippen molar-refractivity contribution in [3.63, 3.8) is 0 Å². The molecule has 3 atom stereocenters. The minimum absolute atomic E-state index is 0.272. The van der Waals surface area contributed by atoms with Crippen molar-refractivity contribution in [1.29, 1.82) is 0 Å².